The Balaban J connectivity index is 0.000000503. The van der Waals surface area contributed by atoms with E-state index in [0.29, 0.717) is 6.04 Å². The van der Waals surface area contributed by atoms with Crippen LogP contribution in [-0.4, -0.2) is 87.1 Å². The summed E-state index contributed by atoms with van der Waals surface area (Å²) in [5, 5.41) is 14.2. The van der Waals surface area contributed by atoms with Crippen LogP contribution in [0.2, 0.25) is 0 Å². The zero-order valence-electron chi connectivity index (χ0n) is 16.5. The molecule has 1 aromatic rings. The summed E-state index contributed by atoms with van der Waals surface area (Å²) in [6.07, 6.45) is -6.19. The van der Waals surface area contributed by atoms with Crippen LogP contribution in [0.15, 0.2) is 12.5 Å². The number of hydrogen-bond acceptors (Lipinski definition) is 5. The van der Waals surface area contributed by atoms with Gasteiger partial charge in [0.05, 0.1) is 18.1 Å². The molecule has 1 aliphatic rings. The van der Waals surface area contributed by atoms with Gasteiger partial charge in [-0.2, -0.15) is 26.3 Å². The van der Waals surface area contributed by atoms with E-state index in [1.165, 1.54) is 5.69 Å². The number of likely N-dealkylation sites (N-methyl/N-ethyl adjacent to an activating group) is 2. The van der Waals surface area contributed by atoms with Crippen molar-refractivity contribution < 1.29 is 46.1 Å². The van der Waals surface area contributed by atoms with Crippen molar-refractivity contribution in [3.63, 3.8) is 0 Å². The van der Waals surface area contributed by atoms with E-state index in [0.717, 1.165) is 32.7 Å². The molecule has 0 saturated heterocycles. The molecule has 0 fully saturated rings. The van der Waals surface area contributed by atoms with Crippen molar-refractivity contribution in [1.29, 1.82) is 0 Å². The number of aromatic nitrogens is 2. The number of imidazole rings is 1. The van der Waals surface area contributed by atoms with Crippen molar-refractivity contribution in [2.75, 3.05) is 33.2 Å². The van der Waals surface area contributed by atoms with Gasteiger partial charge in [-0.15, -0.1) is 0 Å². The van der Waals surface area contributed by atoms with Crippen molar-refractivity contribution in [2.45, 2.75) is 38.8 Å². The van der Waals surface area contributed by atoms with Gasteiger partial charge in [-0.05, 0) is 20.1 Å². The molecule has 1 aliphatic heterocycles. The lowest BCUT2D eigenvalue weighted by atomic mass is 10.2. The van der Waals surface area contributed by atoms with Crippen LogP contribution in [0.3, 0.4) is 0 Å². The number of rotatable bonds is 4. The number of fused-ring (bicyclic) bond motifs is 1. The first-order chi connectivity index (χ1) is 13.6. The van der Waals surface area contributed by atoms with Crippen LogP contribution in [0.25, 0.3) is 0 Å². The molecule has 14 heteroatoms. The quantitative estimate of drug-likeness (QED) is 0.680. The lowest BCUT2D eigenvalue weighted by Gasteiger charge is -2.34. The number of halogens is 6. The van der Waals surface area contributed by atoms with E-state index in [-0.39, 0.29) is 0 Å². The van der Waals surface area contributed by atoms with Gasteiger partial charge in [0.25, 0.3) is 0 Å². The summed E-state index contributed by atoms with van der Waals surface area (Å²) < 4.78 is 65.8. The molecule has 8 nitrogen and oxygen atoms in total. The summed E-state index contributed by atoms with van der Waals surface area (Å²) in [7, 11) is 2.19. The predicted octanol–water partition coefficient (Wildman–Crippen LogP) is 2.48. The van der Waals surface area contributed by atoms with Gasteiger partial charge in [-0.1, -0.05) is 13.8 Å². The second kappa shape index (κ2) is 11.7. The normalized spacial score (nSPS) is 16.7. The van der Waals surface area contributed by atoms with Crippen LogP contribution in [0.4, 0.5) is 26.3 Å². The molecule has 0 aliphatic carbocycles. The van der Waals surface area contributed by atoms with Gasteiger partial charge in [0.15, 0.2) is 0 Å². The maximum Gasteiger partial charge on any atom is 0.490 e. The summed E-state index contributed by atoms with van der Waals surface area (Å²) in [5.41, 5.74) is 1.34. The Labute approximate surface area is 168 Å². The highest BCUT2D eigenvalue weighted by atomic mass is 19.4. The average molecular weight is 450 g/mol. The highest BCUT2D eigenvalue weighted by Crippen LogP contribution is 2.20. The monoisotopic (exact) mass is 450 g/mol. The van der Waals surface area contributed by atoms with E-state index < -0.39 is 24.3 Å². The van der Waals surface area contributed by atoms with Gasteiger partial charge in [0.2, 0.25) is 0 Å². The Morgan fingerprint density at radius 2 is 1.53 bits per heavy atom. The minimum atomic E-state index is -5.08. The van der Waals surface area contributed by atoms with Crippen LogP contribution >= 0.6 is 0 Å². The lowest BCUT2D eigenvalue weighted by Crippen LogP contribution is -2.40. The second-order valence-electron chi connectivity index (χ2n) is 6.23. The molecule has 2 N–H and O–H groups in total. The first kappa shape index (κ1) is 27.6. The molecule has 0 spiro atoms. The Hall–Kier alpha value is -2.35. The van der Waals surface area contributed by atoms with Crippen molar-refractivity contribution in [2.24, 2.45) is 0 Å². The number of aliphatic carboxylic acids is 2. The third kappa shape index (κ3) is 9.91. The molecule has 0 radical (unpaired) electrons. The van der Waals surface area contributed by atoms with Crippen LogP contribution in [0.5, 0.6) is 0 Å². The molecule has 0 bridgehead atoms. The number of carboxylic acids is 2. The van der Waals surface area contributed by atoms with Gasteiger partial charge in [0.1, 0.15) is 0 Å². The fourth-order valence-corrected chi connectivity index (χ4v) is 2.50. The largest absolute Gasteiger partial charge is 0.490 e. The smallest absolute Gasteiger partial charge is 0.475 e. The standard InChI is InChI=1S/C12H22N4.2C2HF3O2/c1-4-15(5-2)9-12-8-14(3)7-11-6-13-10-16(11)12;2*3-2(4,5)1(6)7/h6,10,12H,4-5,7-9H2,1-3H3;2*(H,6,7). The Kier molecular flexibility index (Phi) is 10.8. The van der Waals surface area contributed by atoms with E-state index in [2.05, 4.69) is 40.2 Å². The molecule has 0 amide bonds. The highest BCUT2D eigenvalue weighted by Gasteiger charge is 2.38. The maximum absolute atomic E-state index is 10.6. The summed E-state index contributed by atoms with van der Waals surface area (Å²) in [4.78, 5) is 26.9. The van der Waals surface area contributed by atoms with Crippen molar-refractivity contribution in [1.82, 2.24) is 19.4 Å². The van der Waals surface area contributed by atoms with Crippen LogP contribution in [0, 0.1) is 0 Å². The Morgan fingerprint density at radius 1 is 1.10 bits per heavy atom. The molecule has 2 heterocycles. The topological polar surface area (TPSA) is 98.9 Å². The van der Waals surface area contributed by atoms with E-state index in [1.807, 2.05) is 12.5 Å². The van der Waals surface area contributed by atoms with E-state index in [1.54, 1.807) is 0 Å². The van der Waals surface area contributed by atoms with Gasteiger partial charge >= 0.3 is 24.3 Å². The molecule has 0 aromatic carbocycles. The van der Waals surface area contributed by atoms with Gasteiger partial charge in [0, 0.05) is 25.8 Å². The first-order valence-corrected chi connectivity index (χ1v) is 8.65. The van der Waals surface area contributed by atoms with Gasteiger partial charge < -0.3 is 19.7 Å². The SMILES string of the molecule is CCN(CC)CC1CN(C)Cc2cncn21.O=C(O)C(F)(F)F.O=C(O)C(F)(F)F. The molecule has 1 aromatic heterocycles. The second-order valence-corrected chi connectivity index (χ2v) is 6.23. The fourth-order valence-electron chi connectivity index (χ4n) is 2.50. The number of hydrogen-bond donors (Lipinski definition) is 2. The predicted molar refractivity (Wildman–Crippen MR) is 92.8 cm³/mol. The van der Waals surface area contributed by atoms with Crippen molar-refractivity contribution in [3.05, 3.63) is 18.2 Å². The van der Waals surface area contributed by atoms with Crippen LogP contribution < -0.4 is 0 Å². The number of nitrogens with zero attached hydrogens (tertiary/aromatic N) is 4. The van der Waals surface area contributed by atoms with Crippen LogP contribution in [-0.2, 0) is 16.1 Å². The third-order valence-corrected chi connectivity index (χ3v) is 3.94. The summed E-state index contributed by atoms with van der Waals surface area (Å²) in [6, 6.07) is 0.552. The van der Waals surface area contributed by atoms with Crippen LogP contribution in [0.1, 0.15) is 25.6 Å². The summed E-state index contributed by atoms with van der Waals surface area (Å²) in [6.45, 7) is 9.98. The molecular formula is C16H24F6N4O4. The molecule has 174 valence electrons. The minimum absolute atomic E-state index is 0.552. The number of alkyl halides is 6. The highest BCUT2D eigenvalue weighted by molar-refractivity contribution is 5.73. The lowest BCUT2D eigenvalue weighted by molar-refractivity contribution is -0.193. The summed E-state index contributed by atoms with van der Waals surface area (Å²) in [5.74, 6) is -5.51. The number of carbonyl (C=O) groups is 2. The van der Waals surface area contributed by atoms with Crippen molar-refractivity contribution in [3.8, 4) is 0 Å². The maximum atomic E-state index is 10.6. The Morgan fingerprint density at radius 3 is 1.90 bits per heavy atom. The van der Waals surface area contributed by atoms with Crippen molar-refractivity contribution >= 4 is 11.9 Å². The van der Waals surface area contributed by atoms with Gasteiger partial charge in [-0.25, -0.2) is 14.6 Å². The zero-order valence-corrected chi connectivity index (χ0v) is 16.5. The summed E-state index contributed by atoms with van der Waals surface area (Å²) >= 11 is 0. The zero-order chi connectivity index (χ0) is 23.7. The van der Waals surface area contributed by atoms with Gasteiger partial charge in [-0.3, -0.25) is 4.90 Å². The molecule has 0 saturated carbocycles. The van der Waals surface area contributed by atoms with E-state index in [9.17, 15) is 26.3 Å². The molecule has 30 heavy (non-hydrogen) atoms. The Bertz CT molecular complexity index is 649. The average Bonchev–Trinajstić information content (AvgIpc) is 3.07. The number of carboxylic acid groups (broad SMARTS) is 2. The molecular weight excluding hydrogens is 426 g/mol. The van der Waals surface area contributed by atoms with E-state index >= 15 is 0 Å². The third-order valence-electron chi connectivity index (χ3n) is 3.94. The molecule has 2 rings (SSSR count). The fraction of sp³-hybridized carbons (Fsp3) is 0.688. The molecule has 1 atom stereocenters. The van der Waals surface area contributed by atoms with E-state index in [4.69, 9.17) is 19.8 Å². The molecule has 1 unspecified atom stereocenters. The minimum Gasteiger partial charge on any atom is -0.475 e. The first-order valence-electron chi connectivity index (χ1n) is 8.65.